The third-order valence-electron chi connectivity index (χ3n) is 6.51. The second-order valence-corrected chi connectivity index (χ2v) is 8.25. The molecule has 1 aliphatic carbocycles. The van der Waals surface area contributed by atoms with Crippen molar-refractivity contribution in [2.75, 3.05) is 13.1 Å². The fraction of sp³-hybridized carbons (Fsp3) is 0.500. The van der Waals surface area contributed by atoms with Crippen molar-refractivity contribution in [3.05, 3.63) is 34.9 Å². The Morgan fingerprint density at radius 3 is 2.64 bits per heavy atom. The van der Waals surface area contributed by atoms with Gasteiger partial charge in [0.1, 0.15) is 6.04 Å². The van der Waals surface area contributed by atoms with Crippen LogP contribution in [0, 0.1) is 5.41 Å². The molecule has 0 radical (unpaired) electrons. The van der Waals surface area contributed by atoms with Gasteiger partial charge in [0.2, 0.25) is 11.8 Å². The zero-order valence-electron chi connectivity index (χ0n) is 15.4. The van der Waals surface area contributed by atoms with E-state index in [9.17, 15) is 19.2 Å². The normalized spacial score (nSPS) is 28.1. The Morgan fingerprint density at radius 2 is 1.89 bits per heavy atom. The van der Waals surface area contributed by atoms with Gasteiger partial charge in [-0.2, -0.15) is 0 Å². The molecule has 0 bridgehead atoms. The van der Waals surface area contributed by atoms with Gasteiger partial charge in [0.25, 0.3) is 11.8 Å². The van der Waals surface area contributed by atoms with Crippen LogP contribution in [-0.2, 0) is 16.1 Å². The van der Waals surface area contributed by atoms with Crippen molar-refractivity contribution in [2.24, 2.45) is 5.41 Å². The van der Waals surface area contributed by atoms with E-state index in [0.717, 1.165) is 23.6 Å². The number of amides is 4. The molecule has 3 N–H and O–H groups in total. The van der Waals surface area contributed by atoms with Crippen molar-refractivity contribution in [3.8, 4) is 0 Å². The highest BCUT2D eigenvalue weighted by Gasteiger charge is 2.52. The molecular weight excluding hydrogens is 360 g/mol. The summed E-state index contributed by atoms with van der Waals surface area (Å²) in [5.74, 6) is -1.89. The quantitative estimate of drug-likeness (QED) is 0.630. The molecule has 2 unspecified atom stereocenters. The minimum absolute atomic E-state index is 0.121. The molecule has 2 saturated heterocycles. The lowest BCUT2D eigenvalue weighted by Crippen LogP contribution is -2.54. The van der Waals surface area contributed by atoms with E-state index in [1.54, 1.807) is 12.1 Å². The van der Waals surface area contributed by atoms with Gasteiger partial charge in [-0.25, -0.2) is 0 Å². The molecule has 3 heterocycles. The lowest BCUT2D eigenvalue weighted by Gasteiger charge is -2.27. The molecule has 1 saturated carbocycles. The summed E-state index contributed by atoms with van der Waals surface area (Å²) in [4.78, 5) is 50.1. The van der Waals surface area contributed by atoms with Crippen LogP contribution in [0.25, 0.3) is 0 Å². The van der Waals surface area contributed by atoms with Gasteiger partial charge in [-0.3, -0.25) is 29.4 Å². The first-order valence-corrected chi connectivity index (χ1v) is 9.77. The molecule has 8 heteroatoms. The fourth-order valence-electron chi connectivity index (χ4n) is 4.65. The smallest absolute Gasteiger partial charge is 0.262 e. The van der Waals surface area contributed by atoms with Gasteiger partial charge in [0, 0.05) is 32.1 Å². The Labute approximate surface area is 162 Å². The van der Waals surface area contributed by atoms with Crippen molar-refractivity contribution in [1.82, 2.24) is 20.9 Å². The molecule has 4 aliphatic rings. The minimum Gasteiger partial charge on any atom is -0.315 e. The molecule has 1 spiro atoms. The fourth-order valence-corrected chi connectivity index (χ4v) is 4.65. The molecule has 28 heavy (non-hydrogen) atoms. The van der Waals surface area contributed by atoms with Crippen LogP contribution in [0.3, 0.4) is 0 Å². The first kappa shape index (κ1) is 17.5. The maximum Gasteiger partial charge on any atom is 0.262 e. The number of benzene rings is 1. The van der Waals surface area contributed by atoms with Gasteiger partial charge in [-0.15, -0.1) is 0 Å². The second kappa shape index (κ2) is 6.22. The van der Waals surface area contributed by atoms with Crippen LogP contribution in [-0.4, -0.2) is 53.7 Å². The van der Waals surface area contributed by atoms with E-state index in [-0.39, 0.29) is 18.7 Å². The maximum atomic E-state index is 12.9. The summed E-state index contributed by atoms with van der Waals surface area (Å²) >= 11 is 0. The third-order valence-corrected chi connectivity index (χ3v) is 6.51. The lowest BCUT2D eigenvalue weighted by molar-refractivity contribution is -0.136. The number of rotatable bonds is 4. The Morgan fingerprint density at radius 1 is 1.11 bits per heavy atom. The van der Waals surface area contributed by atoms with Gasteiger partial charge in [0.15, 0.2) is 0 Å². The Hall–Kier alpha value is -2.58. The Kier molecular flexibility index (Phi) is 3.89. The molecule has 5 rings (SSSR count). The molecule has 8 nitrogen and oxygen atoms in total. The predicted molar refractivity (Wildman–Crippen MR) is 98.3 cm³/mol. The number of hydrogen-bond acceptors (Lipinski definition) is 6. The first-order valence-electron chi connectivity index (χ1n) is 9.77. The Bertz CT molecular complexity index is 907. The third kappa shape index (κ3) is 2.67. The van der Waals surface area contributed by atoms with Crippen molar-refractivity contribution < 1.29 is 19.2 Å². The molecule has 4 amide bonds. The summed E-state index contributed by atoms with van der Waals surface area (Å²) in [5, 5.41) is 9.23. The molecule has 1 aromatic rings. The number of imide groups is 2. The summed E-state index contributed by atoms with van der Waals surface area (Å²) in [6, 6.07) is 4.77. The van der Waals surface area contributed by atoms with E-state index in [0.29, 0.717) is 29.1 Å². The van der Waals surface area contributed by atoms with Crippen molar-refractivity contribution in [3.63, 3.8) is 0 Å². The van der Waals surface area contributed by atoms with E-state index < -0.39 is 23.8 Å². The molecule has 1 aromatic carbocycles. The summed E-state index contributed by atoms with van der Waals surface area (Å²) < 4.78 is 0. The maximum absolute atomic E-state index is 12.9. The molecular formula is C20H22N4O4. The zero-order chi connectivity index (χ0) is 19.5. The average Bonchev–Trinajstić information content (AvgIpc) is 3.28. The summed E-state index contributed by atoms with van der Waals surface area (Å²) in [6.45, 7) is 2.63. The van der Waals surface area contributed by atoms with Crippen LogP contribution in [0.1, 0.15) is 52.0 Å². The molecule has 146 valence electrons. The van der Waals surface area contributed by atoms with Gasteiger partial charge in [0.05, 0.1) is 11.1 Å². The topological polar surface area (TPSA) is 108 Å². The number of piperidine rings is 1. The van der Waals surface area contributed by atoms with Crippen LogP contribution in [0.4, 0.5) is 0 Å². The predicted octanol–water partition coefficient (Wildman–Crippen LogP) is -0.0706. The van der Waals surface area contributed by atoms with Crippen molar-refractivity contribution in [1.29, 1.82) is 0 Å². The van der Waals surface area contributed by atoms with Crippen LogP contribution < -0.4 is 16.0 Å². The monoisotopic (exact) mass is 382 g/mol. The largest absolute Gasteiger partial charge is 0.315 e. The Balaban J connectivity index is 1.33. The summed E-state index contributed by atoms with van der Waals surface area (Å²) in [7, 11) is 0. The van der Waals surface area contributed by atoms with Gasteiger partial charge < -0.3 is 10.6 Å². The number of nitrogens with one attached hydrogen (secondary N) is 3. The van der Waals surface area contributed by atoms with E-state index in [2.05, 4.69) is 16.0 Å². The first-order chi connectivity index (χ1) is 13.5. The number of fused-ring (bicyclic) bond motifs is 1. The molecule has 3 aliphatic heterocycles. The van der Waals surface area contributed by atoms with Crippen LogP contribution in [0.5, 0.6) is 0 Å². The van der Waals surface area contributed by atoms with Crippen LogP contribution in [0.15, 0.2) is 18.2 Å². The van der Waals surface area contributed by atoms with Crippen LogP contribution >= 0.6 is 0 Å². The summed E-state index contributed by atoms with van der Waals surface area (Å²) in [5.41, 5.74) is 1.98. The number of carbonyl (C=O) groups is 4. The van der Waals surface area contributed by atoms with Crippen molar-refractivity contribution in [2.45, 2.75) is 44.3 Å². The molecule has 3 fully saturated rings. The van der Waals surface area contributed by atoms with E-state index in [1.165, 1.54) is 12.8 Å². The lowest BCUT2D eigenvalue weighted by atomic mass is 10.00. The van der Waals surface area contributed by atoms with Gasteiger partial charge >= 0.3 is 0 Å². The summed E-state index contributed by atoms with van der Waals surface area (Å²) in [6.07, 6.45) is 2.78. The number of carbonyl (C=O) groups excluding carboxylic acids is 4. The van der Waals surface area contributed by atoms with Crippen LogP contribution in [0.2, 0.25) is 0 Å². The highest BCUT2D eigenvalue weighted by atomic mass is 16.2. The number of nitrogens with zero attached hydrogens (tertiary/aromatic N) is 1. The van der Waals surface area contributed by atoms with Gasteiger partial charge in [-0.1, -0.05) is 6.07 Å². The highest BCUT2D eigenvalue weighted by Crippen LogP contribution is 2.50. The number of hydrogen-bond donors (Lipinski definition) is 3. The second-order valence-electron chi connectivity index (χ2n) is 8.25. The SMILES string of the molecule is O=C1CCC(N2C(=O)c3ccc(CNC4CNCC45CC5)cc3C2=O)C(=O)N1. The molecule has 0 aromatic heterocycles. The van der Waals surface area contributed by atoms with E-state index in [1.807, 2.05) is 6.07 Å². The minimum atomic E-state index is -0.925. The van der Waals surface area contributed by atoms with E-state index >= 15 is 0 Å². The zero-order valence-corrected chi connectivity index (χ0v) is 15.4. The van der Waals surface area contributed by atoms with E-state index in [4.69, 9.17) is 0 Å². The standard InChI is InChI=1S/C20H22N4O4/c25-16-4-3-14(17(26)23-16)24-18(27)12-2-1-11(7-13(12)19(24)28)8-22-15-9-21-10-20(15)5-6-20/h1-2,7,14-15,21-22H,3-6,8-10H2,(H,23,25,26). The van der Waals surface area contributed by atoms with Gasteiger partial charge in [-0.05, 0) is 42.4 Å². The highest BCUT2D eigenvalue weighted by molar-refractivity contribution is 6.23. The average molecular weight is 382 g/mol. The molecule has 2 atom stereocenters. The van der Waals surface area contributed by atoms with Crippen molar-refractivity contribution >= 4 is 23.6 Å².